The molecule has 19 heavy (non-hydrogen) atoms. The van der Waals surface area contributed by atoms with Gasteiger partial charge in [0.05, 0.1) is 12.5 Å². The maximum atomic E-state index is 6.11. The van der Waals surface area contributed by atoms with Crippen LogP contribution in [0, 0.1) is 5.92 Å². The third kappa shape index (κ3) is 3.50. The zero-order valence-corrected chi connectivity index (χ0v) is 12.8. The van der Waals surface area contributed by atoms with E-state index in [2.05, 4.69) is 21.8 Å². The SMILES string of the molecule is COCCN(c1ncnc(Cl)c1CCl)C(C)C1CC1. The number of anilines is 1. The fourth-order valence-electron chi connectivity index (χ4n) is 2.27. The molecule has 0 aliphatic heterocycles. The van der Waals surface area contributed by atoms with Crippen molar-refractivity contribution in [1.29, 1.82) is 0 Å². The number of rotatable bonds is 7. The molecule has 0 amide bonds. The molecule has 1 unspecified atom stereocenters. The van der Waals surface area contributed by atoms with Gasteiger partial charge in [0, 0.05) is 25.3 Å². The van der Waals surface area contributed by atoms with Crippen LogP contribution in [0.4, 0.5) is 5.82 Å². The number of halogens is 2. The molecule has 1 heterocycles. The number of aromatic nitrogens is 2. The number of ether oxygens (including phenoxy) is 1. The molecule has 1 aromatic heterocycles. The lowest BCUT2D eigenvalue weighted by Gasteiger charge is -2.31. The molecule has 1 saturated carbocycles. The molecule has 1 aromatic rings. The Morgan fingerprint density at radius 2 is 2.21 bits per heavy atom. The van der Waals surface area contributed by atoms with Crippen LogP contribution in [0.25, 0.3) is 0 Å². The van der Waals surface area contributed by atoms with Crippen molar-refractivity contribution >= 4 is 29.0 Å². The van der Waals surface area contributed by atoms with Crippen LogP contribution in [0.15, 0.2) is 6.33 Å². The van der Waals surface area contributed by atoms with E-state index in [0.717, 1.165) is 23.8 Å². The molecule has 1 fully saturated rings. The second-order valence-electron chi connectivity index (χ2n) is 4.86. The van der Waals surface area contributed by atoms with Crippen LogP contribution in [0.3, 0.4) is 0 Å². The van der Waals surface area contributed by atoms with Crippen LogP contribution >= 0.6 is 23.2 Å². The minimum Gasteiger partial charge on any atom is -0.383 e. The van der Waals surface area contributed by atoms with Gasteiger partial charge in [0.1, 0.15) is 17.3 Å². The van der Waals surface area contributed by atoms with Gasteiger partial charge in [-0.2, -0.15) is 0 Å². The smallest absolute Gasteiger partial charge is 0.138 e. The van der Waals surface area contributed by atoms with Crippen molar-refractivity contribution < 1.29 is 4.74 Å². The molecule has 0 radical (unpaired) electrons. The Labute approximate surface area is 124 Å². The summed E-state index contributed by atoms with van der Waals surface area (Å²) in [6.07, 6.45) is 4.05. The fraction of sp³-hybridized carbons (Fsp3) is 0.692. The first-order valence-corrected chi connectivity index (χ1v) is 7.41. The van der Waals surface area contributed by atoms with Crippen LogP contribution in [0.2, 0.25) is 5.15 Å². The summed E-state index contributed by atoms with van der Waals surface area (Å²) in [4.78, 5) is 10.6. The first kappa shape index (κ1) is 14.8. The first-order valence-electron chi connectivity index (χ1n) is 6.50. The third-order valence-electron chi connectivity index (χ3n) is 3.61. The second-order valence-corrected chi connectivity index (χ2v) is 5.49. The number of nitrogens with zero attached hydrogens (tertiary/aromatic N) is 3. The van der Waals surface area contributed by atoms with Gasteiger partial charge in [0.25, 0.3) is 0 Å². The van der Waals surface area contributed by atoms with Gasteiger partial charge in [-0.1, -0.05) is 11.6 Å². The molecule has 0 aromatic carbocycles. The van der Waals surface area contributed by atoms with Crippen LogP contribution in [-0.2, 0) is 10.6 Å². The molecule has 106 valence electrons. The van der Waals surface area contributed by atoms with Crippen LogP contribution in [-0.4, -0.2) is 36.3 Å². The fourth-order valence-corrected chi connectivity index (χ4v) is 2.78. The standard InChI is InChI=1S/C13H19Cl2N3O/c1-9(10-3-4-10)18(5-6-19-2)13-11(7-14)12(15)16-8-17-13/h8-10H,3-7H2,1-2H3. The second kappa shape index (κ2) is 6.73. The van der Waals surface area contributed by atoms with Gasteiger partial charge >= 0.3 is 0 Å². The Balaban J connectivity index is 2.28. The number of methoxy groups -OCH3 is 1. The molecule has 1 atom stereocenters. The molecule has 1 aliphatic rings. The zero-order valence-electron chi connectivity index (χ0n) is 11.3. The summed E-state index contributed by atoms with van der Waals surface area (Å²) in [6, 6.07) is 0.420. The van der Waals surface area contributed by atoms with E-state index in [1.54, 1.807) is 7.11 Å². The molecule has 0 N–H and O–H groups in total. The van der Waals surface area contributed by atoms with E-state index >= 15 is 0 Å². The van der Waals surface area contributed by atoms with Gasteiger partial charge in [-0.3, -0.25) is 0 Å². The highest BCUT2D eigenvalue weighted by Crippen LogP contribution is 2.37. The molecule has 6 heteroatoms. The molecule has 4 nitrogen and oxygen atoms in total. The highest BCUT2D eigenvalue weighted by atomic mass is 35.5. The van der Waals surface area contributed by atoms with Crippen molar-refractivity contribution in [3.63, 3.8) is 0 Å². The monoisotopic (exact) mass is 303 g/mol. The van der Waals surface area contributed by atoms with E-state index in [1.807, 2.05) is 0 Å². The van der Waals surface area contributed by atoms with Gasteiger partial charge in [0.15, 0.2) is 0 Å². The quantitative estimate of drug-likeness (QED) is 0.573. The molecule has 0 spiro atoms. The Hall–Kier alpha value is -0.580. The lowest BCUT2D eigenvalue weighted by atomic mass is 10.1. The Kier molecular flexibility index (Phi) is 5.25. The van der Waals surface area contributed by atoms with Gasteiger partial charge in [0.2, 0.25) is 0 Å². The van der Waals surface area contributed by atoms with Crippen molar-refractivity contribution in [1.82, 2.24) is 9.97 Å². The summed E-state index contributed by atoms with van der Waals surface area (Å²) < 4.78 is 5.20. The van der Waals surface area contributed by atoms with Crippen molar-refractivity contribution in [2.75, 3.05) is 25.2 Å². The topological polar surface area (TPSA) is 38.2 Å². The van der Waals surface area contributed by atoms with Crippen LogP contribution in [0.1, 0.15) is 25.3 Å². The molecular formula is C13H19Cl2N3O. The predicted molar refractivity (Wildman–Crippen MR) is 78.0 cm³/mol. The highest BCUT2D eigenvalue weighted by molar-refractivity contribution is 6.31. The van der Waals surface area contributed by atoms with Crippen LogP contribution in [0.5, 0.6) is 0 Å². The maximum absolute atomic E-state index is 6.11. The van der Waals surface area contributed by atoms with Crippen molar-refractivity contribution in [3.8, 4) is 0 Å². The Morgan fingerprint density at radius 3 is 2.79 bits per heavy atom. The Bertz CT molecular complexity index is 426. The van der Waals surface area contributed by atoms with Gasteiger partial charge in [-0.25, -0.2) is 9.97 Å². The molecular weight excluding hydrogens is 285 g/mol. The third-order valence-corrected chi connectivity index (χ3v) is 4.20. The summed E-state index contributed by atoms with van der Waals surface area (Å²) in [6.45, 7) is 3.66. The number of alkyl halides is 1. The maximum Gasteiger partial charge on any atom is 0.138 e. The normalized spacial score (nSPS) is 16.4. The first-order chi connectivity index (χ1) is 9.19. The van der Waals surface area contributed by atoms with Crippen LogP contribution < -0.4 is 4.90 Å². The van der Waals surface area contributed by atoms with E-state index in [4.69, 9.17) is 27.9 Å². The average Bonchev–Trinajstić information content (AvgIpc) is 3.23. The Morgan fingerprint density at radius 1 is 1.47 bits per heavy atom. The van der Waals surface area contributed by atoms with Crippen molar-refractivity contribution in [3.05, 3.63) is 17.0 Å². The average molecular weight is 304 g/mol. The summed E-state index contributed by atoms with van der Waals surface area (Å²) in [5, 5.41) is 0.436. The van der Waals surface area contributed by atoms with Crippen molar-refractivity contribution in [2.24, 2.45) is 5.92 Å². The van der Waals surface area contributed by atoms with E-state index in [-0.39, 0.29) is 0 Å². The molecule has 0 saturated heterocycles. The molecule has 0 bridgehead atoms. The largest absolute Gasteiger partial charge is 0.383 e. The molecule has 2 rings (SSSR count). The van der Waals surface area contributed by atoms with Gasteiger partial charge in [-0.15, -0.1) is 11.6 Å². The minimum atomic E-state index is 0.315. The van der Waals surface area contributed by atoms with E-state index in [9.17, 15) is 0 Å². The number of hydrogen-bond donors (Lipinski definition) is 0. The van der Waals surface area contributed by atoms with E-state index in [0.29, 0.717) is 23.7 Å². The van der Waals surface area contributed by atoms with E-state index < -0.39 is 0 Å². The lowest BCUT2D eigenvalue weighted by molar-refractivity contribution is 0.202. The predicted octanol–water partition coefficient (Wildman–Crippen LogP) is 3.12. The summed E-state index contributed by atoms with van der Waals surface area (Å²) in [5.74, 6) is 1.89. The summed E-state index contributed by atoms with van der Waals surface area (Å²) in [7, 11) is 1.70. The summed E-state index contributed by atoms with van der Waals surface area (Å²) in [5.41, 5.74) is 0.800. The van der Waals surface area contributed by atoms with Crippen molar-refractivity contribution in [2.45, 2.75) is 31.7 Å². The zero-order chi connectivity index (χ0) is 13.8. The van der Waals surface area contributed by atoms with Gasteiger partial charge < -0.3 is 9.64 Å². The number of hydrogen-bond acceptors (Lipinski definition) is 4. The minimum absolute atomic E-state index is 0.315. The van der Waals surface area contributed by atoms with E-state index in [1.165, 1.54) is 19.2 Å². The summed E-state index contributed by atoms with van der Waals surface area (Å²) >= 11 is 12.1. The van der Waals surface area contributed by atoms with Gasteiger partial charge in [-0.05, 0) is 25.7 Å². The lowest BCUT2D eigenvalue weighted by Crippen LogP contribution is -2.38. The molecule has 1 aliphatic carbocycles. The highest BCUT2D eigenvalue weighted by Gasteiger charge is 2.33.